The molecule has 5 nitrogen and oxygen atoms in total. The number of ether oxygens (including phenoxy) is 1. The summed E-state index contributed by atoms with van der Waals surface area (Å²) < 4.78 is 4.81. The molecule has 0 saturated carbocycles. The topological polar surface area (TPSA) is 90.2 Å². The van der Waals surface area contributed by atoms with Gasteiger partial charge in [0.05, 0.1) is 13.2 Å². The minimum absolute atomic E-state index is 0. The third-order valence-corrected chi connectivity index (χ3v) is 1.79. The normalized spacial score (nSPS) is 42.0. The van der Waals surface area contributed by atoms with Crippen molar-refractivity contribution in [1.29, 1.82) is 0 Å². The Hall–Kier alpha value is 0.904. The molecule has 0 bridgehead atoms. The standard InChI is InChI=1S/C6H12O5.Y/c7-1-4-6(10)5(9)3(8)2-11-4;/h3-10H,1-2H2;. The molecule has 0 aromatic heterocycles. The van der Waals surface area contributed by atoms with E-state index in [1.807, 2.05) is 0 Å². The van der Waals surface area contributed by atoms with Gasteiger partial charge in [-0.2, -0.15) is 0 Å². The van der Waals surface area contributed by atoms with Gasteiger partial charge in [0.1, 0.15) is 24.4 Å². The summed E-state index contributed by atoms with van der Waals surface area (Å²) in [5, 5.41) is 35.7. The van der Waals surface area contributed by atoms with Gasteiger partial charge in [-0.1, -0.05) is 0 Å². The quantitative estimate of drug-likeness (QED) is 0.413. The molecule has 1 aliphatic heterocycles. The van der Waals surface area contributed by atoms with Crippen LogP contribution in [-0.4, -0.2) is 58.1 Å². The van der Waals surface area contributed by atoms with Crippen molar-refractivity contribution in [1.82, 2.24) is 0 Å². The van der Waals surface area contributed by atoms with Gasteiger partial charge < -0.3 is 25.2 Å². The van der Waals surface area contributed by atoms with Crippen molar-refractivity contribution in [2.75, 3.05) is 13.2 Å². The van der Waals surface area contributed by atoms with Crippen LogP contribution in [-0.2, 0) is 37.4 Å². The zero-order chi connectivity index (χ0) is 8.43. The van der Waals surface area contributed by atoms with Crippen LogP contribution >= 0.6 is 0 Å². The SMILES string of the molecule is OCC1OCC(O)C(O)C1O.[Y]. The Morgan fingerprint density at radius 1 is 1.17 bits per heavy atom. The minimum atomic E-state index is -1.22. The zero-order valence-electron chi connectivity index (χ0n) is 6.50. The van der Waals surface area contributed by atoms with E-state index in [1.165, 1.54) is 0 Å². The van der Waals surface area contributed by atoms with Gasteiger partial charge in [-0.3, -0.25) is 0 Å². The first-order chi connectivity index (χ1) is 5.16. The van der Waals surface area contributed by atoms with Crippen LogP contribution < -0.4 is 0 Å². The monoisotopic (exact) mass is 253 g/mol. The maximum Gasteiger partial charge on any atom is 0.111 e. The molecule has 0 aliphatic carbocycles. The van der Waals surface area contributed by atoms with Crippen LogP contribution in [0.2, 0.25) is 0 Å². The third kappa shape index (κ3) is 2.70. The predicted molar refractivity (Wildman–Crippen MR) is 34.8 cm³/mol. The fourth-order valence-electron chi connectivity index (χ4n) is 1.03. The summed E-state index contributed by atoms with van der Waals surface area (Å²) in [4.78, 5) is 0. The molecule has 0 aromatic carbocycles. The molecular formula is C6H12O5Y. The van der Waals surface area contributed by atoms with Crippen LogP contribution in [0.15, 0.2) is 0 Å². The van der Waals surface area contributed by atoms with Gasteiger partial charge in [0.15, 0.2) is 0 Å². The number of aliphatic hydroxyl groups is 4. The molecule has 4 N–H and O–H groups in total. The Kier molecular flexibility index (Phi) is 6.02. The van der Waals surface area contributed by atoms with E-state index in [2.05, 4.69) is 0 Å². The average molecular weight is 253 g/mol. The summed E-state index contributed by atoms with van der Waals surface area (Å²) in [5.74, 6) is 0. The van der Waals surface area contributed by atoms with Crippen LogP contribution in [0, 0.1) is 0 Å². The Balaban J connectivity index is 0.00000121. The number of aliphatic hydroxyl groups excluding tert-OH is 4. The van der Waals surface area contributed by atoms with Gasteiger partial charge in [-0.05, 0) is 0 Å². The van der Waals surface area contributed by atoms with Gasteiger partial charge in [-0.15, -0.1) is 0 Å². The van der Waals surface area contributed by atoms with Crippen molar-refractivity contribution in [3.8, 4) is 0 Å². The molecule has 1 radical (unpaired) electrons. The van der Waals surface area contributed by atoms with E-state index in [4.69, 9.17) is 25.2 Å². The number of rotatable bonds is 1. The summed E-state index contributed by atoms with van der Waals surface area (Å²) >= 11 is 0. The molecule has 1 aliphatic rings. The van der Waals surface area contributed by atoms with Crippen LogP contribution in [0.5, 0.6) is 0 Å². The van der Waals surface area contributed by atoms with E-state index < -0.39 is 24.4 Å². The average Bonchev–Trinajstić information content (AvgIpc) is 2.01. The molecule has 12 heavy (non-hydrogen) atoms. The fourth-order valence-corrected chi connectivity index (χ4v) is 1.03. The minimum Gasteiger partial charge on any atom is -0.394 e. The second-order valence-corrected chi connectivity index (χ2v) is 2.60. The van der Waals surface area contributed by atoms with Crippen molar-refractivity contribution < 1.29 is 57.9 Å². The Morgan fingerprint density at radius 3 is 2.25 bits per heavy atom. The van der Waals surface area contributed by atoms with Crippen LogP contribution in [0.25, 0.3) is 0 Å². The first-order valence-electron chi connectivity index (χ1n) is 3.43. The molecule has 0 spiro atoms. The molecule has 0 amide bonds. The Morgan fingerprint density at radius 2 is 1.75 bits per heavy atom. The second-order valence-electron chi connectivity index (χ2n) is 2.60. The molecule has 4 unspecified atom stereocenters. The molecule has 1 fully saturated rings. The first-order valence-corrected chi connectivity index (χ1v) is 3.43. The maximum absolute atomic E-state index is 9.11. The van der Waals surface area contributed by atoms with E-state index in [1.54, 1.807) is 0 Å². The molecular weight excluding hydrogens is 241 g/mol. The third-order valence-electron chi connectivity index (χ3n) is 1.79. The van der Waals surface area contributed by atoms with Gasteiger partial charge in [0, 0.05) is 32.7 Å². The van der Waals surface area contributed by atoms with E-state index in [-0.39, 0.29) is 45.9 Å². The van der Waals surface area contributed by atoms with Crippen molar-refractivity contribution in [2.24, 2.45) is 0 Å². The number of hydrogen-bond acceptors (Lipinski definition) is 5. The summed E-state index contributed by atoms with van der Waals surface area (Å²) in [6, 6.07) is 0. The van der Waals surface area contributed by atoms with E-state index in [0.29, 0.717) is 0 Å². The molecule has 6 heteroatoms. The summed E-state index contributed by atoms with van der Waals surface area (Å²) in [5.41, 5.74) is 0. The largest absolute Gasteiger partial charge is 0.394 e. The molecule has 1 heterocycles. The predicted octanol–water partition coefficient (Wildman–Crippen LogP) is -2.54. The molecule has 69 valence electrons. The van der Waals surface area contributed by atoms with Gasteiger partial charge >= 0.3 is 0 Å². The van der Waals surface area contributed by atoms with Crippen molar-refractivity contribution in [3.63, 3.8) is 0 Å². The van der Waals surface area contributed by atoms with E-state index >= 15 is 0 Å². The zero-order valence-corrected chi connectivity index (χ0v) is 9.34. The first kappa shape index (κ1) is 12.9. The molecule has 1 rings (SSSR count). The van der Waals surface area contributed by atoms with Crippen molar-refractivity contribution >= 4 is 0 Å². The van der Waals surface area contributed by atoms with E-state index in [0.717, 1.165) is 0 Å². The summed E-state index contributed by atoms with van der Waals surface area (Å²) in [6.07, 6.45) is -4.27. The number of hydrogen-bond donors (Lipinski definition) is 4. The molecule has 0 aromatic rings. The van der Waals surface area contributed by atoms with Crippen LogP contribution in [0.3, 0.4) is 0 Å². The van der Waals surface area contributed by atoms with Crippen LogP contribution in [0.4, 0.5) is 0 Å². The molecule has 1 saturated heterocycles. The molecule has 4 atom stereocenters. The Labute approximate surface area is 95.2 Å². The smallest absolute Gasteiger partial charge is 0.111 e. The van der Waals surface area contributed by atoms with Crippen molar-refractivity contribution in [2.45, 2.75) is 24.4 Å². The fraction of sp³-hybridized carbons (Fsp3) is 1.00. The van der Waals surface area contributed by atoms with Gasteiger partial charge in [0.25, 0.3) is 0 Å². The summed E-state index contributed by atoms with van der Waals surface area (Å²) in [7, 11) is 0. The van der Waals surface area contributed by atoms with Gasteiger partial charge in [0.2, 0.25) is 0 Å². The van der Waals surface area contributed by atoms with E-state index in [9.17, 15) is 0 Å². The van der Waals surface area contributed by atoms with Gasteiger partial charge in [-0.25, -0.2) is 0 Å². The second kappa shape index (κ2) is 5.60. The maximum atomic E-state index is 9.11. The van der Waals surface area contributed by atoms with Crippen molar-refractivity contribution in [3.05, 3.63) is 0 Å². The van der Waals surface area contributed by atoms with Crippen LogP contribution in [0.1, 0.15) is 0 Å². The Bertz CT molecular complexity index is 131. The summed E-state index contributed by atoms with van der Waals surface area (Å²) in [6.45, 7) is -0.408.